The van der Waals surface area contributed by atoms with Crippen LogP contribution >= 0.6 is 0 Å². The number of carbonyl (C=O) groups excluding carboxylic acids is 1. The Morgan fingerprint density at radius 1 is 1.46 bits per heavy atom. The molecule has 0 radical (unpaired) electrons. The van der Waals surface area contributed by atoms with E-state index in [0.717, 1.165) is 0 Å². The first-order chi connectivity index (χ1) is 6.26. The zero-order valence-electron chi connectivity index (χ0n) is 7.99. The lowest BCUT2D eigenvalue weighted by molar-refractivity contribution is -0.155. The first-order valence-electron chi connectivity index (χ1n) is 4.26. The molecule has 0 aromatic rings. The summed E-state index contributed by atoms with van der Waals surface area (Å²) in [6.45, 7) is 9.50. The van der Waals surface area contributed by atoms with Crippen LogP contribution in [0, 0.1) is 0 Å². The SMILES string of the molecule is C=CCO[C@@H](CC=C)C(=O)OCC. The van der Waals surface area contributed by atoms with Crippen LogP contribution in [0.25, 0.3) is 0 Å². The first kappa shape index (κ1) is 11.9. The quantitative estimate of drug-likeness (QED) is 0.446. The van der Waals surface area contributed by atoms with Gasteiger partial charge in [0.05, 0.1) is 13.2 Å². The molecule has 0 heterocycles. The normalized spacial score (nSPS) is 11.8. The van der Waals surface area contributed by atoms with E-state index < -0.39 is 6.10 Å². The van der Waals surface area contributed by atoms with E-state index in [1.54, 1.807) is 19.1 Å². The second-order valence-corrected chi connectivity index (χ2v) is 2.39. The number of hydrogen-bond donors (Lipinski definition) is 0. The van der Waals surface area contributed by atoms with Gasteiger partial charge in [0.2, 0.25) is 0 Å². The highest BCUT2D eigenvalue weighted by atomic mass is 16.6. The van der Waals surface area contributed by atoms with E-state index in [2.05, 4.69) is 13.2 Å². The molecule has 0 spiro atoms. The number of rotatable bonds is 7. The smallest absolute Gasteiger partial charge is 0.335 e. The average Bonchev–Trinajstić information content (AvgIpc) is 2.12. The Labute approximate surface area is 79.0 Å². The summed E-state index contributed by atoms with van der Waals surface area (Å²) in [7, 11) is 0. The number of ether oxygens (including phenoxy) is 2. The minimum atomic E-state index is -0.546. The van der Waals surface area contributed by atoms with Gasteiger partial charge in [0.1, 0.15) is 0 Å². The zero-order valence-corrected chi connectivity index (χ0v) is 7.99. The van der Waals surface area contributed by atoms with E-state index in [1.807, 2.05) is 0 Å². The van der Waals surface area contributed by atoms with Crippen molar-refractivity contribution in [3.8, 4) is 0 Å². The molecule has 3 nitrogen and oxygen atoms in total. The van der Waals surface area contributed by atoms with Crippen LogP contribution in [0.15, 0.2) is 25.3 Å². The maximum absolute atomic E-state index is 11.2. The Bertz CT molecular complexity index is 175. The molecule has 0 bridgehead atoms. The molecule has 13 heavy (non-hydrogen) atoms. The van der Waals surface area contributed by atoms with Gasteiger partial charge in [-0.05, 0) is 6.92 Å². The summed E-state index contributed by atoms with van der Waals surface area (Å²) in [5, 5.41) is 0. The maximum atomic E-state index is 11.2. The minimum Gasteiger partial charge on any atom is -0.464 e. The fourth-order valence-electron chi connectivity index (χ4n) is 0.803. The summed E-state index contributed by atoms with van der Waals surface area (Å²) in [6.07, 6.45) is 3.14. The number of esters is 1. The third kappa shape index (κ3) is 5.20. The van der Waals surface area contributed by atoms with Crippen LogP contribution in [0.1, 0.15) is 13.3 Å². The lowest BCUT2D eigenvalue weighted by atomic mass is 10.2. The van der Waals surface area contributed by atoms with Crippen LogP contribution in [0.3, 0.4) is 0 Å². The topological polar surface area (TPSA) is 35.5 Å². The van der Waals surface area contributed by atoms with E-state index in [9.17, 15) is 4.79 Å². The minimum absolute atomic E-state index is 0.343. The van der Waals surface area contributed by atoms with Gasteiger partial charge < -0.3 is 9.47 Å². The van der Waals surface area contributed by atoms with Crippen molar-refractivity contribution in [3.05, 3.63) is 25.3 Å². The molecule has 0 aliphatic carbocycles. The van der Waals surface area contributed by atoms with Crippen LogP contribution in [0.5, 0.6) is 0 Å². The molecule has 0 aliphatic rings. The van der Waals surface area contributed by atoms with Crippen molar-refractivity contribution in [2.45, 2.75) is 19.4 Å². The molecule has 0 amide bonds. The Balaban J connectivity index is 3.97. The van der Waals surface area contributed by atoms with Gasteiger partial charge in [-0.25, -0.2) is 4.79 Å². The second kappa shape index (κ2) is 7.55. The Morgan fingerprint density at radius 2 is 2.15 bits per heavy atom. The van der Waals surface area contributed by atoms with Crippen LogP contribution < -0.4 is 0 Å². The molecule has 0 unspecified atom stereocenters. The molecule has 0 N–H and O–H groups in total. The molecule has 0 aromatic carbocycles. The summed E-state index contributed by atoms with van der Waals surface area (Å²) < 4.78 is 9.99. The van der Waals surface area contributed by atoms with Gasteiger partial charge in [-0.1, -0.05) is 12.2 Å². The van der Waals surface area contributed by atoms with Crippen LogP contribution in [0.2, 0.25) is 0 Å². The molecule has 0 aromatic heterocycles. The van der Waals surface area contributed by atoms with Crippen molar-refractivity contribution in [1.82, 2.24) is 0 Å². The van der Waals surface area contributed by atoms with Crippen molar-refractivity contribution in [1.29, 1.82) is 0 Å². The highest BCUT2D eigenvalue weighted by Gasteiger charge is 2.17. The van der Waals surface area contributed by atoms with Gasteiger partial charge in [0, 0.05) is 6.42 Å². The van der Waals surface area contributed by atoms with Crippen molar-refractivity contribution in [2.75, 3.05) is 13.2 Å². The van der Waals surface area contributed by atoms with Gasteiger partial charge in [-0.15, -0.1) is 13.2 Å². The fourth-order valence-corrected chi connectivity index (χ4v) is 0.803. The Kier molecular flexibility index (Phi) is 6.92. The molecule has 1 atom stereocenters. The first-order valence-corrected chi connectivity index (χ1v) is 4.26. The molecule has 0 saturated carbocycles. The average molecular weight is 184 g/mol. The second-order valence-electron chi connectivity index (χ2n) is 2.39. The monoisotopic (exact) mass is 184 g/mol. The third-order valence-corrected chi connectivity index (χ3v) is 1.35. The molecule has 0 saturated heterocycles. The summed E-state index contributed by atoms with van der Waals surface area (Å²) in [6, 6.07) is 0. The molecule has 0 aliphatic heterocycles. The van der Waals surface area contributed by atoms with Crippen LogP contribution in [-0.2, 0) is 14.3 Å². The summed E-state index contributed by atoms with van der Waals surface area (Å²) >= 11 is 0. The molecule has 3 heteroatoms. The van der Waals surface area contributed by atoms with Gasteiger partial charge in [0.15, 0.2) is 6.10 Å². The highest BCUT2D eigenvalue weighted by Crippen LogP contribution is 2.02. The lowest BCUT2D eigenvalue weighted by Gasteiger charge is -2.13. The fraction of sp³-hybridized carbons (Fsp3) is 0.500. The van der Waals surface area contributed by atoms with Crippen LogP contribution in [0.4, 0.5) is 0 Å². The number of carbonyl (C=O) groups is 1. The maximum Gasteiger partial charge on any atom is 0.335 e. The van der Waals surface area contributed by atoms with E-state index in [1.165, 1.54) is 0 Å². The van der Waals surface area contributed by atoms with Gasteiger partial charge in [0.25, 0.3) is 0 Å². The number of hydrogen-bond acceptors (Lipinski definition) is 3. The Morgan fingerprint density at radius 3 is 2.62 bits per heavy atom. The van der Waals surface area contributed by atoms with Crippen molar-refractivity contribution >= 4 is 5.97 Å². The van der Waals surface area contributed by atoms with E-state index in [-0.39, 0.29) is 5.97 Å². The Hall–Kier alpha value is -1.09. The molecule has 0 fully saturated rings. The molecular weight excluding hydrogens is 168 g/mol. The van der Waals surface area contributed by atoms with Gasteiger partial charge >= 0.3 is 5.97 Å². The summed E-state index contributed by atoms with van der Waals surface area (Å²) in [5.74, 6) is -0.343. The van der Waals surface area contributed by atoms with E-state index in [0.29, 0.717) is 19.6 Å². The van der Waals surface area contributed by atoms with E-state index in [4.69, 9.17) is 9.47 Å². The van der Waals surface area contributed by atoms with Crippen molar-refractivity contribution < 1.29 is 14.3 Å². The van der Waals surface area contributed by atoms with Gasteiger partial charge in [-0.3, -0.25) is 0 Å². The van der Waals surface area contributed by atoms with Crippen LogP contribution in [-0.4, -0.2) is 25.3 Å². The standard InChI is InChI=1S/C10H16O3/c1-4-7-9(13-8-5-2)10(11)12-6-3/h4-5,9H,1-2,6-8H2,3H3/t9-/m0/s1. The molecule has 74 valence electrons. The summed E-state index contributed by atoms with van der Waals surface area (Å²) in [4.78, 5) is 11.2. The third-order valence-electron chi connectivity index (χ3n) is 1.35. The van der Waals surface area contributed by atoms with E-state index >= 15 is 0 Å². The largest absolute Gasteiger partial charge is 0.464 e. The zero-order chi connectivity index (χ0) is 10.1. The molecule has 0 rings (SSSR count). The van der Waals surface area contributed by atoms with Crippen molar-refractivity contribution in [3.63, 3.8) is 0 Å². The summed E-state index contributed by atoms with van der Waals surface area (Å²) in [5.41, 5.74) is 0. The predicted octanol–water partition coefficient (Wildman–Crippen LogP) is 1.70. The van der Waals surface area contributed by atoms with Crippen molar-refractivity contribution in [2.24, 2.45) is 0 Å². The predicted molar refractivity (Wildman–Crippen MR) is 51.4 cm³/mol. The van der Waals surface area contributed by atoms with Gasteiger partial charge in [-0.2, -0.15) is 0 Å². The lowest BCUT2D eigenvalue weighted by Crippen LogP contribution is -2.26. The molecular formula is C10H16O3. The highest BCUT2D eigenvalue weighted by molar-refractivity contribution is 5.74.